The normalized spacial score (nSPS) is 17.6. The summed E-state index contributed by atoms with van der Waals surface area (Å²) in [5.41, 5.74) is 1.42. The van der Waals surface area contributed by atoms with Gasteiger partial charge in [0.25, 0.3) is 5.91 Å². The summed E-state index contributed by atoms with van der Waals surface area (Å²) in [6.45, 7) is 1.92. The summed E-state index contributed by atoms with van der Waals surface area (Å²) in [5.74, 6) is -0.220. The Bertz CT molecular complexity index is 978. The van der Waals surface area contributed by atoms with E-state index in [0.717, 1.165) is 5.56 Å². The molecular weight excluding hydrogens is 442 g/mol. The second-order valence-corrected chi connectivity index (χ2v) is 7.70. The molecule has 0 fully saturated rings. The van der Waals surface area contributed by atoms with E-state index in [4.69, 9.17) is 14.2 Å². The molecule has 29 heavy (non-hydrogen) atoms. The molecule has 0 N–H and O–H groups in total. The van der Waals surface area contributed by atoms with Crippen LogP contribution in [0.4, 0.5) is 0 Å². The summed E-state index contributed by atoms with van der Waals surface area (Å²) in [7, 11) is 3.19. The molecule has 1 aromatic carbocycles. The van der Waals surface area contributed by atoms with Gasteiger partial charge in [-0.05, 0) is 21.5 Å². The lowest BCUT2D eigenvalue weighted by molar-refractivity contribution is 0.0621. The van der Waals surface area contributed by atoms with Gasteiger partial charge in [0.15, 0.2) is 11.4 Å². The van der Waals surface area contributed by atoms with Crippen LogP contribution >= 0.6 is 15.9 Å². The first kappa shape index (κ1) is 19.9. The molecule has 0 bridgehead atoms. The molecule has 2 aromatic rings. The molecule has 2 aliphatic rings. The molecule has 0 radical (unpaired) electrons. The Hall–Kier alpha value is -2.36. The van der Waals surface area contributed by atoms with Gasteiger partial charge in [-0.1, -0.05) is 30.3 Å². The molecule has 2 aliphatic heterocycles. The van der Waals surface area contributed by atoms with Gasteiger partial charge in [-0.25, -0.2) is 4.68 Å². The molecule has 0 spiro atoms. The van der Waals surface area contributed by atoms with Crippen LogP contribution in [-0.4, -0.2) is 56.1 Å². The molecular formula is C20H22BrN3O5. The largest absolute Gasteiger partial charge is 0.482 e. The van der Waals surface area contributed by atoms with Gasteiger partial charge in [-0.15, -0.1) is 0 Å². The first-order valence-electron chi connectivity index (χ1n) is 9.28. The minimum Gasteiger partial charge on any atom is -0.482 e. The predicted molar refractivity (Wildman–Crippen MR) is 110 cm³/mol. The van der Waals surface area contributed by atoms with Crippen molar-refractivity contribution in [3.8, 4) is 5.75 Å². The summed E-state index contributed by atoms with van der Waals surface area (Å²) in [4.78, 5) is 28.1. The summed E-state index contributed by atoms with van der Waals surface area (Å²) >= 11 is 3.42. The van der Waals surface area contributed by atoms with Crippen molar-refractivity contribution in [1.82, 2.24) is 9.58 Å². The Balaban J connectivity index is 1.80. The molecule has 9 heteroatoms. The van der Waals surface area contributed by atoms with Crippen LogP contribution in [0.5, 0.6) is 5.75 Å². The van der Waals surface area contributed by atoms with Crippen molar-refractivity contribution in [3.63, 3.8) is 0 Å². The Morgan fingerprint density at radius 3 is 2.62 bits per heavy atom. The van der Waals surface area contributed by atoms with Gasteiger partial charge in [0.2, 0.25) is 5.43 Å². The minimum absolute atomic E-state index is 0.0401. The lowest BCUT2D eigenvalue weighted by atomic mass is 10.2. The van der Waals surface area contributed by atoms with Crippen LogP contribution in [0.3, 0.4) is 0 Å². The third kappa shape index (κ3) is 3.43. The molecule has 0 saturated carbocycles. The van der Waals surface area contributed by atoms with Gasteiger partial charge in [0, 0.05) is 20.8 Å². The van der Waals surface area contributed by atoms with Crippen molar-refractivity contribution >= 4 is 21.8 Å². The van der Waals surface area contributed by atoms with E-state index in [9.17, 15) is 9.59 Å². The van der Waals surface area contributed by atoms with Gasteiger partial charge in [-0.2, -0.15) is 0 Å². The number of benzene rings is 1. The Labute approximate surface area is 176 Å². The topological polar surface area (TPSA) is 73.2 Å². The van der Waals surface area contributed by atoms with Gasteiger partial charge in [0.05, 0.1) is 23.3 Å². The van der Waals surface area contributed by atoms with Crippen LogP contribution in [-0.2, 0) is 16.1 Å². The van der Waals surface area contributed by atoms with Gasteiger partial charge >= 0.3 is 0 Å². The van der Waals surface area contributed by atoms with Crippen LogP contribution in [0.15, 0.2) is 39.6 Å². The quantitative estimate of drug-likeness (QED) is 0.624. The maximum absolute atomic E-state index is 13.3. The predicted octanol–water partition coefficient (Wildman–Crippen LogP) is 1.89. The van der Waals surface area contributed by atoms with Crippen molar-refractivity contribution in [3.05, 3.63) is 62.0 Å². The Kier molecular flexibility index (Phi) is 5.62. The summed E-state index contributed by atoms with van der Waals surface area (Å²) in [6, 6.07) is 9.53. The number of amides is 1. The third-order valence-electron chi connectivity index (χ3n) is 5.15. The maximum atomic E-state index is 13.3. The monoisotopic (exact) mass is 463 g/mol. The molecule has 1 unspecified atom stereocenters. The van der Waals surface area contributed by atoms with E-state index < -0.39 is 0 Å². The number of carbonyl (C=O) groups excluding carboxylic acids is 1. The number of hydrogen-bond acceptors (Lipinski definition) is 6. The van der Waals surface area contributed by atoms with Crippen molar-refractivity contribution < 1.29 is 19.0 Å². The Morgan fingerprint density at radius 2 is 1.93 bits per heavy atom. The van der Waals surface area contributed by atoms with Gasteiger partial charge in [0.1, 0.15) is 19.4 Å². The van der Waals surface area contributed by atoms with Crippen molar-refractivity contribution in [2.75, 3.05) is 45.6 Å². The second kappa shape index (κ2) is 8.17. The highest BCUT2D eigenvalue weighted by Gasteiger charge is 2.43. The summed E-state index contributed by atoms with van der Waals surface area (Å²) in [6.07, 6.45) is -0.325. The summed E-state index contributed by atoms with van der Waals surface area (Å²) in [5, 5.41) is 1.98. The first-order valence-corrected chi connectivity index (χ1v) is 10.1. The first-order chi connectivity index (χ1) is 14.1. The van der Waals surface area contributed by atoms with Crippen molar-refractivity contribution in [1.29, 1.82) is 0 Å². The number of pyridine rings is 1. The molecule has 1 atom stereocenters. The van der Waals surface area contributed by atoms with Gasteiger partial charge in [-0.3, -0.25) is 14.6 Å². The third-order valence-corrected chi connectivity index (χ3v) is 5.92. The summed E-state index contributed by atoms with van der Waals surface area (Å²) < 4.78 is 18.8. The molecule has 0 aliphatic carbocycles. The molecule has 8 nitrogen and oxygen atoms in total. The highest BCUT2D eigenvalue weighted by Crippen LogP contribution is 2.37. The van der Waals surface area contributed by atoms with E-state index in [1.165, 1.54) is 0 Å². The smallest absolute Gasteiger partial charge is 0.278 e. The lowest BCUT2D eigenvalue weighted by Gasteiger charge is -2.37. The number of hydrogen-bond donors (Lipinski definition) is 0. The highest BCUT2D eigenvalue weighted by molar-refractivity contribution is 9.10. The van der Waals surface area contributed by atoms with Crippen molar-refractivity contribution in [2.24, 2.45) is 0 Å². The fourth-order valence-electron chi connectivity index (χ4n) is 3.71. The molecule has 154 valence electrons. The van der Waals surface area contributed by atoms with E-state index >= 15 is 0 Å². The van der Waals surface area contributed by atoms with Crippen LogP contribution in [0.25, 0.3) is 0 Å². The standard InChI is InChI=1S/C20H22BrN3O5/c1-27-9-8-22-12-23-10-14(28-2)16-15(21)18(25)19(17(20(22)26)24(16)23)29-11-13-6-4-3-5-7-13/h3-7,14H,8-12H2,1-2H3. The average molecular weight is 464 g/mol. The maximum Gasteiger partial charge on any atom is 0.278 e. The number of aromatic nitrogens is 1. The number of carbonyl (C=O) groups is 1. The molecule has 3 heterocycles. The van der Waals surface area contributed by atoms with Gasteiger partial charge < -0.3 is 19.1 Å². The van der Waals surface area contributed by atoms with Crippen LogP contribution in [0.2, 0.25) is 0 Å². The van der Waals surface area contributed by atoms with E-state index in [2.05, 4.69) is 15.9 Å². The van der Waals surface area contributed by atoms with E-state index in [0.29, 0.717) is 36.5 Å². The van der Waals surface area contributed by atoms with E-state index in [1.807, 2.05) is 35.3 Å². The zero-order chi connectivity index (χ0) is 20.5. The zero-order valence-corrected chi connectivity index (χ0v) is 17.8. The second-order valence-electron chi connectivity index (χ2n) is 6.91. The minimum atomic E-state index is -0.354. The number of nitrogens with zero attached hydrogens (tertiary/aromatic N) is 3. The number of methoxy groups -OCH3 is 2. The van der Waals surface area contributed by atoms with Crippen LogP contribution in [0, 0.1) is 0 Å². The van der Waals surface area contributed by atoms with Crippen LogP contribution in [0.1, 0.15) is 27.8 Å². The number of halogens is 1. The molecule has 0 saturated heterocycles. The fraction of sp³-hybridized carbons (Fsp3) is 0.400. The molecule has 1 aromatic heterocycles. The van der Waals surface area contributed by atoms with E-state index in [-0.39, 0.29) is 35.5 Å². The number of ether oxygens (including phenoxy) is 3. The molecule has 4 rings (SSSR count). The number of rotatable bonds is 7. The fourth-order valence-corrected chi connectivity index (χ4v) is 4.31. The SMILES string of the molecule is COCCN1CN2CC(OC)c3c(Br)c(=O)c(OCc4ccccc4)c(n32)C1=O. The lowest BCUT2D eigenvalue weighted by Crippen LogP contribution is -2.53. The molecule has 1 amide bonds. The van der Waals surface area contributed by atoms with Crippen molar-refractivity contribution in [2.45, 2.75) is 12.7 Å². The highest BCUT2D eigenvalue weighted by atomic mass is 79.9. The van der Waals surface area contributed by atoms with E-state index in [1.54, 1.807) is 23.8 Å². The Morgan fingerprint density at radius 1 is 1.17 bits per heavy atom. The van der Waals surface area contributed by atoms with Crippen LogP contribution < -0.4 is 15.2 Å². The zero-order valence-electron chi connectivity index (χ0n) is 16.3. The average Bonchev–Trinajstić information content (AvgIpc) is 3.11.